The zero-order chi connectivity index (χ0) is 41.4. The maximum atomic E-state index is 7.50. The van der Waals surface area contributed by atoms with Crippen LogP contribution >= 0.6 is 8.88 Å². The van der Waals surface area contributed by atoms with Gasteiger partial charge in [-0.2, -0.15) is 0 Å². The fraction of sp³-hybridized carbons (Fsp3) is 0.147. The molecule has 0 saturated heterocycles. The Morgan fingerprint density at radius 1 is 0.388 bits per heavy atom. The summed E-state index contributed by atoms with van der Waals surface area (Å²) in [5.74, 6) is 7.34. The van der Waals surface area contributed by atoms with E-state index in [0.29, 0.717) is 0 Å². The minimum atomic E-state index is 1.02. The summed E-state index contributed by atoms with van der Waals surface area (Å²) in [7, 11) is 1.02. The molecule has 15 heteroatoms. The average molecular weight is 1020 g/mol. The van der Waals surface area contributed by atoms with E-state index < -0.39 is 0 Å². The first-order valence-corrected chi connectivity index (χ1v) is 15.3. The summed E-state index contributed by atoms with van der Waals surface area (Å²) in [6, 6.07) is 20.9. The number of rotatable bonds is 6. The van der Waals surface area contributed by atoms with Crippen LogP contribution in [0.3, 0.4) is 0 Å². The van der Waals surface area contributed by atoms with Crippen molar-refractivity contribution in [3.05, 3.63) is 168 Å². The molecule has 6 radical (unpaired) electrons. The topological polar surface area (TPSA) is 223 Å². The van der Waals surface area contributed by atoms with Crippen molar-refractivity contribution in [2.45, 2.75) is 34.6 Å². The molecule has 12 nitrogen and oxygen atoms in total. The Balaban J connectivity index is -0.0000000649. The van der Waals surface area contributed by atoms with Gasteiger partial charge in [0.25, 0.3) is 0 Å². The van der Waals surface area contributed by atoms with Gasteiger partial charge in [-0.25, -0.2) is 0 Å². The van der Waals surface area contributed by atoms with Gasteiger partial charge in [-0.1, -0.05) is 34.6 Å². The Kier molecular flexibility index (Phi) is 89.1. The van der Waals surface area contributed by atoms with Crippen molar-refractivity contribution in [1.82, 2.24) is 10.2 Å². The number of benzene rings is 2. The molecule has 2 aromatic rings. The molecule has 0 bridgehead atoms. The van der Waals surface area contributed by atoms with E-state index in [-0.39, 0.29) is 0 Å². The van der Waals surface area contributed by atoms with Gasteiger partial charge >= 0.3 is 251 Å². The normalized spacial score (nSPS) is 10.1. The fourth-order valence-corrected chi connectivity index (χ4v) is 5.32. The maximum absolute atomic E-state index is 7.50. The molecular weight excluding hydrogens is 995 g/mol. The Morgan fingerprint density at radius 2 is 0.551 bits per heavy atom. The van der Waals surface area contributed by atoms with Crippen molar-refractivity contribution in [3.63, 3.8) is 0 Å². The SMILES string of the molecule is C[C]1[C](C)[C](C)[C](C)[C]1C.[C-]#[O+].[C-]#[O+].[C-]#[O+].[C-]#[O+].[C-]#[O+].[C-]#[O+].[C-]#[O+].[C-]#[O+].[C-]#[O+].[C-]#[O+].[W]=[C](N[P]N[C](=[W])c1ccccc1)c1ccccc1. The van der Waals surface area contributed by atoms with Crippen LogP contribution in [0.25, 0.3) is 0 Å². The van der Waals surface area contributed by atoms with Crippen LogP contribution in [-0.4, -0.2) is 8.04 Å². The van der Waals surface area contributed by atoms with Crippen LogP contribution in [-0.2, 0) is 85.2 Å². The minimum absolute atomic E-state index is 1.02. The van der Waals surface area contributed by atoms with Gasteiger partial charge in [0.15, 0.2) is 0 Å². The molecule has 0 amide bonds. The molecule has 0 spiro atoms. The molecule has 0 atom stereocenters. The molecule has 250 valence electrons. The number of hydrogen-bond donors (Lipinski definition) is 2. The van der Waals surface area contributed by atoms with Crippen LogP contribution in [0.2, 0.25) is 0 Å². The third kappa shape index (κ3) is 38.0. The number of nitrogens with one attached hydrogen (secondary N) is 2. The van der Waals surface area contributed by atoms with Gasteiger partial charge in [-0.05, 0) is 29.6 Å². The molecule has 1 fully saturated rings. The zero-order valence-corrected chi connectivity index (χ0v) is 33.4. The van der Waals surface area contributed by atoms with Gasteiger partial charge in [0.05, 0.1) is 0 Å². The molecule has 1 saturated carbocycles. The first kappa shape index (κ1) is 68.3. The van der Waals surface area contributed by atoms with Gasteiger partial charge in [0, 0.05) is 0 Å². The third-order valence-electron chi connectivity index (χ3n) is 5.20. The summed E-state index contributed by atoms with van der Waals surface area (Å²) >= 11 is 2.89. The van der Waals surface area contributed by atoms with E-state index in [2.05, 4.69) is 160 Å². The van der Waals surface area contributed by atoms with Crippen molar-refractivity contribution in [1.29, 1.82) is 0 Å². The second-order valence-corrected chi connectivity index (χ2v) is 10.5. The molecule has 0 heterocycles. The molecule has 0 aromatic heterocycles. The molecule has 2 aromatic carbocycles. The van der Waals surface area contributed by atoms with Crippen molar-refractivity contribution < 1.29 is 85.2 Å². The predicted octanol–water partition coefficient (Wildman–Crippen LogP) is 4.99. The second kappa shape index (κ2) is 63.9. The monoisotopic (exact) mass is 1020 g/mol. The fourth-order valence-electron chi connectivity index (χ4n) is 2.84. The summed E-state index contributed by atoms with van der Waals surface area (Å²) < 4.78 is 77.5. The van der Waals surface area contributed by atoms with Crippen LogP contribution in [0.5, 0.6) is 0 Å². The summed E-state index contributed by atoms with van der Waals surface area (Å²) in [6.45, 7) is 56.0. The second-order valence-electron chi connectivity index (χ2n) is 6.85. The molecule has 1 aliphatic rings. The Morgan fingerprint density at radius 3 is 0.714 bits per heavy atom. The summed E-state index contributed by atoms with van der Waals surface area (Å²) in [6.07, 6.45) is 0. The van der Waals surface area contributed by atoms with Crippen molar-refractivity contribution >= 4 is 16.9 Å². The van der Waals surface area contributed by atoms with Gasteiger partial charge in [-0.15, -0.1) is 0 Å². The molecule has 2 N–H and O–H groups in total. The number of hydrogen-bond acceptors (Lipinski definition) is 2. The summed E-state index contributed by atoms with van der Waals surface area (Å²) in [5.41, 5.74) is 2.52. The zero-order valence-electron chi connectivity index (χ0n) is 26.6. The van der Waals surface area contributed by atoms with Gasteiger partial charge in [0.1, 0.15) is 0 Å². The standard InChI is InChI=1S/C14H12N2P.C10H15.10CO.2W/c1-3-7-13(8-4-1)11-15-17-16-12-14-9-5-2-6-10-14;1-6-7(2)9(4)10(5)8(6)3;10*1-2;;/h1-10,15-16H;1-5H3;;;;;;;;;;;;. The van der Waals surface area contributed by atoms with E-state index in [1.54, 1.807) is 0 Å². The first-order valence-electron chi connectivity index (χ1n) is 11.5. The van der Waals surface area contributed by atoms with Crippen LogP contribution in [0.1, 0.15) is 45.7 Å². The van der Waals surface area contributed by atoms with Gasteiger partial charge in [-0.3, -0.25) is 0 Å². The Labute approximate surface area is 313 Å². The Hall–Kier alpha value is -2.69. The molecular formula is C34H27N2O10PW2. The third-order valence-corrected chi connectivity index (χ3v) is 9.49. The van der Waals surface area contributed by atoms with Crippen molar-refractivity contribution in [2.75, 3.05) is 0 Å². The van der Waals surface area contributed by atoms with Gasteiger partial charge < -0.3 is 0 Å². The molecule has 49 heavy (non-hydrogen) atoms. The van der Waals surface area contributed by atoms with Crippen molar-refractivity contribution in [2.24, 2.45) is 0 Å². The molecule has 0 aliphatic heterocycles. The van der Waals surface area contributed by atoms with E-state index in [0.717, 1.165) is 8.88 Å². The first-order chi connectivity index (χ1) is 23.8. The average Bonchev–Trinajstić information content (AvgIpc) is 3.40. The van der Waals surface area contributed by atoms with E-state index >= 15 is 0 Å². The molecule has 1 aliphatic carbocycles. The molecule has 0 unspecified atom stereocenters. The van der Waals surface area contributed by atoms with E-state index in [1.807, 2.05) is 12.1 Å². The van der Waals surface area contributed by atoms with E-state index in [4.69, 9.17) is 46.5 Å². The van der Waals surface area contributed by atoms with Crippen molar-refractivity contribution in [3.8, 4) is 0 Å². The Bertz CT molecular complexity index is 1040. The van der Waals surface area contributed by atoms with Gasteiger partial charge in [0.2, 0.25) is 0 Å². The summed E-state index contributed by atoms with van der Waals surface area (Å²) in [5, 5.41) is 6.81. The molecule has 3 rings (SSSR count). The predicted molar refractivity (Wildman–Crippen MR) is 158 cm³/mol. The van der Waals surface area contributed by atoms with E-state index in [9.17, 15) is 0 Å². The van der Waals surface area contributed by atoms with Crippen LogP contribution < -0.4 is 10.2 Å². The van der Waals surface area contributed by atoms with Crippen LogP contribution in [0.15, 0.2) is 60.7 Å². The van der Waals surface area contributed by atoms with Crippen LogP contribution in [0, 0.1) is 96.1 Å². The van der Waals surface area contributed by atoms with E-state index in [1.165, 1.54) is 87.5 Å². The summed E-state index contributed by atoms with van der Waals surface area (Å²) in [4.78, 5) is 0. The quantitative estimate of drug-likeness (QED) is 0.232. The van der Waals surface area contributed by atoms with Crippen LogP contribution in [0.4, 0.5) is 0 Å².